The molecule has 2 unspecified atom stereocenters. The predicted molar refractivity (Wildman–Crippen MR) is 80.3 cm³/mol. The smallest absolute Gasteiger partial charge is 0.315 e. The molecule has 0 aromatic rings. The highest BCUT2D eigenvalue weighted by Gasteiger charge is 2.17. The van der Waals surface area contributed by atoms with Crippen LogP contribution in [0.2, 0.25) is 0 Å². The fourth-order valence-corrected chi connectivity index (χ4v) is 3.09. The van der Waals surface area contributed by atoms with Crippen LogP contribution in [0.5, 0.6) is 0 Å². The van der Waals surface area contributed by atoms with Gasteiger partial charge in [0, 0.05) is 6.61 Å². The topological polar surface area (TPSA) is 35.5 Å². The lowest BCUT2D eigenvalue weighted by atomic mass is 10.0. The number of hydrogen-bond acceptors (Lipinski definition) is 4. The lowest BCUT2D eigenvalue weighted by Gasteiger charge is -2.21. The summed E-state index contributed by atoms with van der Waals surface area (Å²) in [5.41, 5.74) is 0.198. The Bertz CT molecular complexity index is 240. The molecule has 1 rings (SSSR count). The maximum atomic E-state index is 11.7. The molecular formula is C15H28O3S. The van der Waals surface area contributed by atoms with E-state index in [0.29, 0.717) is 18.3 Å². The molecule has 0 aliphatic carbocycles. The number of unbranched alkanes of at least 4 members (excludes halogenated alkanes) is 1. The van der Waals surface area contributed by atoms with E-state index in [1.807, 2.05) is 0 Å². The molecule has 1 aliphatic rings. The number of thioether (sulfide) groups is 1. The number of esters is 1. The summed E-state index contributed by atoms with van der Waals surface area (Å²) in [6.07, 6.45) is 8.11. The first-order valence-electron chi connectivity index (χ1n) is 7.65. The van der Waals surface area contributed by atoms with Gasteiger partial charge in [0.1, 0.15) is 5.44 Å². The minimum absolute atomic E-state index is 0.0888. The fourth-order valence-electron chi connectivity index (χ4n) is 2.15. The molecule has 1 fully saturated rings. The molecule has 0 aromatic heterocycles. The van der Waals surface area contributed by atoms with Crippen LogP contribution < -0.4 is 0 Å². The molecular weight excluding hydrogens is 260 g/mol. The molecule has 19 heavy (non-hydrogen) atoms. The van der Waals surface area contributed by atoms with E-state index in [1.54, 1.807) is 11.8 Å². The number of carbonyl (C=O) groups is 1. The summed E-state index contributed by atoms with van der Waals surface area (Å²) in [5, 5.41) is 0. The summed E-state index contributed by atoms with van der Waals surface area (Å²) in [6, 6.07) is 0. The molecule has 0 radical (unpaired) electrons. The zero-order valence-corrected chi connectivity index (χ0v) is 13.2. The third-order valence-corrected chi connectivity index (χ3v) is 4.69. The first-order chi connectivity index (χ1) is 9.26. The lowest BCUT2D eigenvalue weighted by molar-refractivity contribution is -0.141. The Morgan fingerprint density at radius 3 is 2.89 bits per heavy atom. The Morgan fingerprint density at radius 2 is 2.26 bits per heavy atom. The minimum atomic E-state index is -0.0888. The number of hydrogen-bond donors (Lipinski definition) is 0. The van der Waals surface area contributed by atoms with Gasteiger partial charge in [-0.15, -0.1) is 11.8 Å². The molecule has 0 N–H and O–H groups in total. The Morgan fingerprint density at radius 1 is 1.42 bits per heavy atom. The second-order valence-electron chi connectivity index (χ2n) is 5.21. The van der Waals surface area contributed by atoms with Crippen molar-refractivity contribution in [1.82, 2.24) is 0 Å². The summed E-state index contributed by atoms with van der Waals surface area (Å²) in [7, 11) is 0. The molecule has 1 heterocycles. The summed E-state index contributed by atoms with van der Waals surface area (Å²) < 4.78 is 11.0. The normalized spacial score (nSPS) is 21.1. The first kappa shape index (κ1) is 16.8. The van der Waals surface area contributed by atoms with Gasteiger partial charge in [-0.3, -0.25) is 4.79 Å². The average Bonchev–Trinajstić information content (AvgIpc) is 2.46. The van der Waals surface area contributed by atoms with Gasteiger partial charge in [0.05, 0.1) is 12.4 Å². The number of carbonyl (C=O) groups excluding carboxylic acids is 1. The Labute approximate surface area is 121 Å². The monoisotopic (exact) mass is 288 g/mol. The van der Waals surface area contributed by atoms with Gasteiger partial charge in [-0.1, -0.05) is 33.1 Å². The molecule has 4 heteroatoms. The van der Waals surface area contributed by atoms with Crippen LogP contribution in [0.3, 0.4) is 0 Å². The zero-order chi connectivity index (χ0) is 13.9. The molecule has 0 saturated carbocycles. The van der Waals surface area contributed by atoms with E-state index in [4.69, 9.17) is 9.47 Å². The van der Waals surface area contributed by atoms with Crippen molar-refractivity contribution in [2.24, 2.45) is 5.92 Å². The third kappa shape index (κ3) is 7.83. The standard InChI is InChI=1S/C15H28O3S/c1-3-5-8-13(4-2)11-18-14(16)12-19-15-9-6-7-10-17-15/h13,15H,3-12H2,1-2H3. The second-order valence-corrected chi connectivity index (χ2v) is 6.35. The van der Waals surface area contributed by atoms with Gasteiger partial charge in [0.15, 0.2) is 0 Å². The lowest BCUT2D eigenvalue weighted by Crippen LogP contribution is -2.20. The molecule has 0 spiro atoms. The largest absolute Gasteiger partial charge is 0.465 e. The summed E-state index contributed by atoms with van der Waals surface area (Å²) in [5.74, 6) is 0.864. The van der Waals surface area contributed by atoms with E-state index in [-0.39, 0.29) is 11.4 Å². The van der Waals surface area contributed by atoms with Crippen LogP contribution >= 0.6 is 11.8 Å². The van der Waals surface area contributed by atoms with Crippen LogP contribution in [-0.2, 0) is 14.3 Å². The van der Waals surface area contributed by atoms with Crippen molar-refractivity contribution in [1.29, 1.82) is 0 Å². The Kier molecular flexibility index (Phi) is 9.35. The van der Waals surface area contributed by atoms with Crippen LogP contribution in [0, 0.1) is 5.92 Å². The van der Waals surface area contributed by atoms with Crippen LogP contribution in [0.4, 0.5) is 0 Å². The fraction of sp³-hybridized carbons (Fsp3) is 0.933. The van der Waals surface area contributed by atoms with E-state index >= 15 is 0 Å². The molecule has 1 saturated heterocycles. The maximum absolute atomic E-state index is 11.7. The third-order valence-electron chi connectivity index (χ3n) is 3.55. The summed E-state index contributed by atoms with van der Waals surface area (Å²) in [6.45, 7) is 5.78. The van der Waals surface area contributed by atoms with Gasteiger partial charge in [-0.2, -0.15) is 0 Å². The van der Waals surface area contributed by atoms with Crippen LogP contribution in [0.25, 0.3) is 0 Å². The van der Waals surface area contributed by atoms with Gasteiger partial charge in [0.2, 0.25) is 0 Å². The van der Waals surface area contributed by atoms with Crippen LogP contribution in [0.15, 0.2) is 0 Å². The van der Waals surface area contributed by atoms with Gasteiger partial charge in [-0.25, -0.2) is 0 Å². The van der Waals surface area contributed by atoms with E-state index in [0.717, 1.165) is 25.9 Å². The highest BCUT2D eigenvalue weighted by Crippen LogP contribution is 2.23. The van der Waals surface area contributed by atoms with Gasteiger partial charge >= 0.3 is 5.97 Å². The van der Waals surface area contributed by atoms with E-state index < -0.39 is 0 Å². The van der Waals surface area contributed by atoms with E-state index in [1.165, 1.54) is 25.7 Å². The Balaban J connectivity index is 2.08. The molecule has 0 bridgehead atoms. The highest BCUT2D eigenvalue weighted by molar-refractivity contribution is 8.00. The molecule has 0 amide bonds. The van der Waals surface area contributed by atoms with Crippen molar-refractivity contribution in [2.75, 3.05) is 19.0 Å². The molecule has 0 aromatic carbocycles. The summed E-state index contributed by atoms with van der Waals surface area (Å²) in [4.78, 5) is 11.7. The molecule has 3 nitrogen and oxygen atoms in total. The highest BCUT2D eigenvalue weighted by atomic mass is 32.2. The van der Waals surface area contributed by atoms with Crippen LogP contribution in [-0.4, -0.2) is 30.4 Å². The van der Waals surface area contributed by atoms with E-state index in [9.17, 15) is 4.79 Å². The van der Waals surface area contributed by atoms with Gasteiger partial charge in [0.25, 0.3) is 0 Å². The maximum Gasteiger partial charge on any atom is 0.315 e. The Hall–Kier alpha value is -0.220. The van der Waals surface area contributed by atoms with Crippen LogP contribution in [0.1, 0.15) is 58.8 Å². The van der Waals surface area contributed by atoms with Crippen molar-refractivity contribution in [3.63, 3.8) is 0 Å². The predicted octanol–water partition coefficient (Wildman–Crippen LogP) is 4.01. The quantitative estimate of drug-likeness (QED) is 0.601. The van der Waals surface area contributed by atoms with Gasteiger partial charge < -0.3 is 9.47 Å². The van der Waals surface area contributed by atoms with Crippen molar-refractivity contribution < 1.29 is 14.3 Å². The second kappa shape index (κ2) is 10.6. The van der Waals surface area contributed by atoms with Crippen molar-refractivity contribution in [2.45, 2.75) is 64.2 Å². The van der Waals surface area contributed by atoms with E-state index in [2.05, 4.69) is 13.8 Å². The van der Waals surface area contributed by atoms with Crippen molar-refractivity contribution >= 4 is 17.7 Å². The molecule has 112 valence electrons. The first-order valence-corrected chi connectivity index (χ1v) is 8.70. The minimum Gasteiger partial charge on any atom is -0.465 e. The van der Waals surface area contributed by atoms with Crippen molar-refractivity contribution in [3.05, 3.63) is 0 Å². The zero-order valence-electron chi connectivity index (χ0n) is 12.4. The summed E-state index contributed by atoms with van der Waals surface area (Å²) >= 11 is 1.59. The van der Waals surface area contributed by atoms with Crippen molar-refractivity contribution in [3.8, 4) is 0 Å². The molecule has 1 aliphatic heterocycles. The number of ether oxygens (including phenoxy) is 2. The average molecular weight is 288 g/mol. The number of rotatable bonds is 9. The SMILES string of the molecule is CCCCC(CC)COC(=O)CSC1CCCCO1. The molecule has 2 atom stereocenters. The van der Waals surface area contributed by atoms with Gasteiger partial charge in [-0.05, 0) is 31.6 Å².